The molecule has 1 aromatic carbocycles. The minimum Gasteiger partial charge on any atom is -0.481 e. The fourth-order valence-corrected chi connectivity index (χ4v) is 1.78. The maximum absolute atomic E-state index is 11.4. The van der Waals surface area contributed by atoms with Crippen LogP contribution in [0.1, 0.15) is 29.3 Å². The van der Waals surface area contributed by atoms with Crippen molar-refractivity contribution < 1.29 is 14.7 Å². The second kappa shape index (κ2) is 5.25. The number of carboxylic acid groups (broad SMARTS) is 1. The molecule has 0 bridgehead atoms. The molecule has 0 saturated carbocycles. The zero-order chi connectivity index (χ0) is 11.4. The molecule has 15 heavy (non-hydrogen) atoms. The Hall–Kier alpha value is -0.910. The number of hydrogen-bond donors (Lipinski definition) is 1. The van der Waals surface area contributed by atoms with Crippen LogP contribution in [-0.2, 0) is 11.2 Å². The Balaban J connectivity index is 3.05. The lowest BCUT2D eigenvalue weighted by Gasteiger charge is -2.04. The van der Waals surface area contributed by atoms with Crippen LogP contribution in [0, 0.1) is 3.57 Å². The first kappa shape index (κ1) is 12.2. The van der Waals surface area contributed by atoms with Gasteiger partial charge in [-0.2, -0.15) is 0 Å². The molecule has 0 atom stereocenters. The molecule has 0 aliphatic heterocycles. The molecular weight excluding hydrogens is 307 g/mol. The molecule has 1 N–H and O–H groups in total. The molecule has 4 heteroatoms. The Bertz CT molecular complexity index is 399. The van der Waals surface area contributed by atoms with Crippen molar-refractivity contribution in [3.8, 4) is 0 Å². The average Bonchev–Trinajstić information content (AvgIpc) is 2.19. The van der Waals surface area contributed by atoms with E-state index >= 15 is 0 Å². The monoisotopic (exact) mass is 318 g/mol. The minimum absolute atomic E-state index is 0.0386. The molecule has 0 fully saturated rings. The number of carbonyl (C=O) groups is 2. The second-order valence-electron chi connectivity index (χ2n) is 3.15. The highest BCUT2D eigenvalue weighted by molar-refractivity contribution is 14.1. The fourth-order valence-electron chi connectivity index (χ4n) is 1.25. The zero-order valence-electron chi connectivity index (χ0n) is 8.29. The Morgan fingerprint density at radius 1 is 1.40 bits per heavy atom. The van der Waals surface area contributed by atoms with Crippen molar-refractivity contribution in [2.75, 3.05) is 0 Å². The van der Waals surface area contributed by atoms with Gasteiger partial charge in [0.1, 0.15) is 0 Å². The second-order valence-corrected chi connectivity index (χ2v) is 4.32. The van der Waals surface area contributed by atoms with Crippen molar-refractivity contribution >= 4 is 34.3 Å². The van der Waals surface area contributed by atoms with E-state index in [1.807, 2.05) is 0 Å². The van der Waals surface area contributed by atoms with E-state index in [-0.39, 0.29) is 12.2 Å². The Morgan fingerprint density at radius 3 is 2.60 bits per heavy atom. The molecule has 0 aliphatic carbocycles. The number of ketones is 1. The number of Topliss-reactive ketones (excluding diaryl/α,β-unsaturated/α-hetero) is 1. The first-order valence-corrected chi connectivity index (χ1v) is 5.66. The first-order chi connectivity index (χ1) is 7.04. The number of carboxylic acids is 1. The molecule has 0 aromatic heterocycles. The van der Waals surface area contributed by atoms with Gasteiger partial charge in [0, 0.05) is 15.6 Å². The molecule has 1 aromatic rings. The van der Waals surface area contributed by atoms with Crippen LogP contribution >= 0.6 is 22.6 Å². The maximum Gasteiger partial charge on any atom is 0.307 e. The molecule has 0 radical (unpaired) electrons. The molecule has 0 amide bonds. The third kappa shape index (κ3) is 3.30. The molecule has 1 rings (SSSR count). The van der Waals surface area contributed by atoms with Gasteiger partial charge in [-0.15, -0.1) is 0 Å². The van der Waals surface area contributed by atoms with Crippen molar-refractivity contribution in [3.05, 3.63) is 32.9 Å². The predicted octanol–water partition coefficient (Wildman–Crippen LogP) is 2.51. The van der Waals surface area contributed by atoms with Crippen molar-refractivity contribution in [1.82, 2.24) is 0 Å². The van der Waals surface area contributed by atoms with E-state index in [1.165, 1.54) is 0 Å². The summed E-state index contributed by atoms with van der Waals surface area (Å²) in [4.78, 5) is 22.0. The predicted molar refractivity (Wildman–Crippen MR) is 65.1 cm³/mol. The molecule has 0 spiro atoms. The van der Waals surface area contributed by atoms with E-state index in [9.17, 15) is 9.59 Å². The van der Waals surface area contributed by atoms with Crippen LogP contribution in [0.25, 0.3) is 0 Å². The number of aliphatic carboxylic acids is 1. The smallest absolute Gasteiger partial charge is 0.307 e. The standard InChI is InChI=1S/C11H11IO3/c1-2-10(13)7-3-4-9(12)8(5-7)6-11(14)15/h3-5H,2,6H2,1H3,(H,14,15). The highest BCUT2D eigenvalue weighted by atomic mass is 127. The third-order valence-electron chi connectivity index (χ3n) is 2.03. The molecule has 0 aliphatic rings. The average molecular weight is 318 g/mol. The fraction of sp³-hybridized carbons (Fsp3) is 0.273. The van der Waals surface area contributed by atoms with Gasteiger partial charge in [-0.25, -0.2) is 0 Å². The molecule has 0 saturated heterocycles. The summed E-state index contributed by atoms with van der Waals surface area (Å²) in [6.07, 6.45) is 0.399. The Morgan fingerprint density at radius 2 is 2.07 bits per heavy atom. The lowest BCUT2D eigenvalue weighted by atomic mass is 10.0. The zero-order valence-corrected chi connectivity index (χ0v) is 10.4. The van der Waals surface area contributed by atoms with Crippen LogP contribution in [-0.4, -0.2) is 16.9 Å². The Kier molecular flexibility index (Phi) is 4.26. The van der Waals surface area contributed by atoms with Crippen LogP contribution in [0.2, 0.25) is 0 Å². The van der Waals surface area contributed by atoms with E-state index in [0.29, 0.717) is 17.5 Å². The van der Waals surface area contributed by atoms with E-state index in [0.717, 1.165) is 3.57 Å². The molecular formula is C11H11IO3. The molecule has 0 unspecified atom stereocenters. The van der Waals surface area contributed by atoms with Gasteiger partial charge >= 0.3 is 5.97 Å². The lowest BCUT2D eigenvalue weighted by Crippen LogP contribution is -2.04. The third-order valence-corrected chi connectivity index (χ3v) is 3.08. The van der Waals surface area contributed by atoms with Gasteiger partial charge in [-0.1, -0.05) is 13.0 Å². The number of carbonyl (C=O) groups excluding carboxylic acids is 1. The van der Waals surface area contributed by atoms with Crippen molar-refractivity contribution in [2.24, 2.45) is 0 Å². The van der Waals surface area contributed by atoms with E-state index in [1.54, 1.807) is 25.1 Å². The van der Waals surface area contributed by atoms with E-state index in [4.69, 9.17) is 5.11 Å². The molecule has 0 heterocycles. The normalized spacial score (nSPS) is 10.0. The molecule has 80 valence electrons. The topological polar surface area (TPSA) is 54.4 Å². The van der Waals surface area contributed by atoms with Gasteiger partial charge in [0.25, 0.3) is 0 Å². The quantitative estimate of drug-likeness (QED) is 0.685. The summed E-state index contributed by atoms with van der Waals surface area (Å²) in [6.45, 7) is 1.79. The van der Waals surface area contributed by atoms with Crippen LogP contribution in [0.5, 0.6) is 0 Å². The van der Waals surface area contributed by atoms with Gasteiger partial charge in [0.2, 0.25) is 0 Å². The number of hydrogen-bond acceptors (Lipinski definition) is 2. The SMILES string of the molecule is CCC(=O)c1ccc(I)c(CC(=O)O)c1. The summed E-state index contributed by atoms with van der Waals surface area (Å²) in [5.74, 6) is -0.841. The van der Waals surface area contributed by atoms with Gasteiger partial charge in [0.15, 0.2) is 5.78 Å². The Labute approximate surface area is 102 Å². The number of rotatable bonds is 4. The van der Waals surface area contributed by atoms with Crippen LogP contribution < -0.4 is 0 Å². The summed E-state index contributed by atoms with van der Waals surface area (Å²) in [5, 5.41) is 8.69. The van der Waals surface area contributed by atoms with Crippen LogP contribution in [0.15, 0.2) is 18.2 Å². The minimum atomic E-state index is -0.881. The van der Waals surface area contributed by atoms with Gasteiger partial charge in [-0.3, -0.25) is 9.59 Å². The van der Waals surface area contributed by atoms with Gasteiger partial charge in [-0.05, 0) is 40.3 Å². The number of benzene rings is 1. The first-order valence-electron chi connectivity index (χ1n) is 4.58. The maximum atomic E-state index is 11.4. The summed E-state index contributed by atoms with van der Waals surface area (Å²) in [5.41, 5.74) is 1.29. The van der Waals surface area contributed by atoms with Crippen molar-refractivity contribution in [2.45, 2.75) is 19.8 Å². The van der Waals surface area contributed by atoms with Crippen LogP contribution in [0.3, 0.4) is 0 Å². The highest BCUT2D eigenvalue weighted by Crippen LogP contribution is 2.16. The number of halogens is 1. The highest BCUT2D eigenvalue weighted by Gasteiger charge is 2.09. The van der Waals surface area contributed by atoms with Gasteiger partial charge < -0.3 is 5.11 Å². The van der Waals surface area contributed by atoms with Gasteiger partial charge in [0.05, 0.1) is 6.42 Å². The summed E-state index contributed by atoms with van der Waals surface area (Å²) >= 11 is 2.07. The van der Waals surface area contributed by atoms with E-state index < -0.39 is 5.97 Å². The van der Waals surface area contributed by atoms with E-state index in [2.05, 4.69) is 22.6 Å². The molecule has 3 nitrogen and oxygen atoms in total. The van der Waals surface area contributed by atoms with Crippen molar-refractivity contribution in [1.29, 1.82) is 0 Å². The summed E-state index contributed by atoms with van der Waals surface area (Å²) in [7, 11) is 0. The lowest BCUT2D eigenvalue weighted by molar-refractivity contribution is -0.136. The summed E-state index contributed by atoms with van der Waals surface area (Å²) < 4.78 is 0.877. The largest absolute Gasteiger partial charge is 0.481 e. The summed E-state index contributed by atoms with van der Waals surface area (Å²) in [6, 6.07) is 5.18. The van der Waals surface area contributed by atoms with Crippen molar-refractivity contribution in [3.63, 3.8) is 0 Å². The van der Waals surface area contributed by atoms with Crippen LogP contribution in [0.4, 0.5) is 0 Å².